The first-order valence-corrected chi connectivity index (χ1v) is 26.4. The molecule has 3 N–H and O–H groups in total. The highest BCUT2D eigenvalue weighted by molar-refractivity contribution is 5.96. The van der Waals surface area contributed by atoms with Crippen molar-refractivity contribution in [2.24, 2.45) is 23.7 Å². The number of amides is 6. The van der Waals surface area contributed by atoms with Crippen LogP contribution in [0.3, 0.4) is 0 Å². The third-order valence-corrected chi connectivity index (χ3v) is 14.3. The molecule has 18 heteroatoms. The molecule has 0 aromatic heterocycles. The summed E-state index contributed by atoms with van der Waals surface area (Å²) in [5.74, 6) is -6.54. The van der Waals surface area contributed by atoms with Gasteiger partial charge < -0.3 is 45.0 Å². The summed E-state index contributed by atoms with van der Waals surface area (Å²) in [4.78, 5) is 130. The van der Waals surface area contributed by atoms with Gasteiger partial charge in [0, 0.05) is 70.7 Å². The van der Waals surface area contributed by atoms with E-state index >= 15 is 0 Å². The minimum atomic E-state index is -1.30. The van der Waals surface area contributed by atoms with Gasteiger partial charge in [-0.05, 0) is 89.0 Å². The monoisotopic (exact) mass is 1060 g/mol. The molecule has 76 heavy (non-hydrogen) atoms. The zero-order chi connectivity index (χ0) is 57.0. The zero-order valence-electron chi connectivity index (χ0n) is 47.3. The van der Waals surface area contributed by atoms with Crippen molar-refractivity contribution in [3.63, 3.8) is 0 Å². The average molecular weight is 1060 g/mol. The van der Waals surface area contributed by atoms with E-state index in [9.17, 15) is 43.2 Å². The number of hydrogen-bond acceptors (Lipinski definition) is 12. The molecule has 0 aliphatic carbocycles. The summed E-state index contributed by atoms with van der Waals surface area (Å²) < 4.78 is 12.1. The lowest BCUT2D eigenvalue weighted by Gasteiger charge is -2.33. The lowest BCUT2D eigenvalue weighted by atomic mass is 9.81. The molecule has 0 bridgehead atoms. The molecule has 9 atom stereocenters. The van der Waals surface area contributed by atoms with Gasteiger partial charge in [0.25, 0.3) is 5.91 Å². The summed E-state index contributed by atoms with van der Waals surface area (Å²) in [5.41, 5.74) is 3.15. The van der Waals surface area contributed by atoms with Gasteiger partial charge >= 0.3 is 11.9 Å². The van der Waals surface area contributed by atoms with Crippen molar-refractivity contribution < 1.29 is 52.6 Å². The van der Waals surface area contributed by atoms with Crippen LogP contribution >= 0.6 is 0 Å². The van der Waals surface area contributed by atoms with Crippen molar-refractivity contribution in [1.82, 2.24) is 35.6 Å². The van der Waals surface area contributed by atoms with Crippen LogP contribution in [0.5, 0.6) is 0 Å². The van der Waals surface area contributed by atoms with Crippen LogP contribution in [0.1, 0.15) is 116 Å². The first-order chi connectivity index (χ1) is 35.8. The van der Waals surface area contributed by atoms with E-state index in [2.05, 4.69) is 20.9 Å². The number of rotatable bonds is 15. The molecular formula is C58H85N7O11. The van der Waals surface area contributed by atoms with E-state index in [-0.39, 0.29) is 43.1 Å². The molecule has 0 radical (unpaired) electrons. The number of hydrogen-bond donors (Lipinski definition) is 3. The number of benzene rings is 2. The number of allylic oxidation sites excluding steroid dienone is 2. The Kier molecular flexibility index (Phi) is 25.7. The van der Waals surface area contributed by atoms with Gasteiger partial charge in [-0.3, -0.25) is 33.6 Å². The molecule has 0 fully saturated rings. The highest BCUT2D eigenvalue weighted by Gasteiger charge is 2.37. The Bertz CT molecular complexity index is 2370. The molecule has 0 unspecified atom stereocenters. The maximum atomic E-state index is 14.3. The Labute approximate surface area is 450 Å². The number of cyclic esters (lactones) is 2. The minimum absolute atomic E-state index is 0.00722. The van der Waals surface area contributed by atoms with E-state index < -0.39 is 102 Å². The highest BCUT2D eigenvalue weighted by atomic mass is 16.6. The fraction of sp³-hybridized carbons (Fsp3) is 0.569. The van der Waals surface area contributed by atoms with Crippen molar-refractivity contribution >= 4 is 53.7 Å². The number of nitrogens with zero attached hydrogens (tertiary/aromatic N) is 4. The number of ether oxygens (including phenoxy) is 2. The molecular weight excluding hydrogens is 971 g/mol. The Morgan fingerprint density at radius 3 is 2.05 bits per heavy atom. The third kappa shape index (κ3) is 19.5. The lowest BCUT2D eigenvalue weighted by Crippen LogP contribution is -2.57. The molecule has 1 aliphatic rings. The smallest absolute Gasteiger partial charge is 0.334 e. The van der Waals surface area contributed by atoms with Gasteiger partial charge in [-0.25, -0.2) is 9.59 Å². The summed E-state index contributed by atoms with van der Waals surface area (Å²) in [7, 11) is 6.50. The Hall–Kier alpha value is -6.69. The van der Waals surface area contributed by atoms with Crippen LogP contribution in [0.15, 0.2) is 77.9 Å². The largest absolute Gasteiger partial charge is 0.456 e. The van der Waals surface area contributed by atoms with Crippen LogP contribution in [-0.4, -0.2) is 157 Å². The SMILES string of the molecule is C/C=C(\C)[C@H]1OC(=O)[C@@H](C)NC(=O)[C@H]([C@H](C)CC)NC(=O)CN(C)C(=O)[C@@H](Cc2ccccc2)N(C)C(=O)[C@H](C)NC(=O)[C@@H](CC(C)C)OC(=O)/C(C)=C/C[C@H](CC(=O)N(C)CCN(C)Cc2ccc(C=O)cc2)[C@@H]1C. The molecule has 2 aromatic rings. The summed E-state index contributed by atoms with van der Waals surface area (Å²) in [5, 5.41) is 8.20. The number of carbonyl (C=O) groups excluding carboxylic acids is 9. The second-order valence-electron chi connectivity index (χ2n) is 21.0. The highest BCUT2D eigenvalue weighted by Crippen LogP contribution is 2.31. The van der Waals surface area contributed by atoms with E-state index in [1.165, 1.54) is 37.7 Å². The summed E-state index contributed by atoms with van der Waals surface area (Å²) in [6.45, 7) is 18.3. The summed E-state index contributed by atoms with van der Waals surface area (Å²) in [6.07, 6.45) is 2.86. The van der Waals surface area contributed by atoms with E-state index in [1.807, 2.05) is 52.9 Å². The van der Waals surface area contributed by atoms with Gasteiger partial charge in [0.2, 0.25) is 29.5 Å². The molecule has 1 heterocycles. The molecule has 0 saturated heterocycles. The maximum Gasteiger partial charge on any atom is 0.334 e. The number of aldehydes is 1. The second kappa shape index (κ2) is 30.8. The third-order valence-electron chi connectivity index (χ3n) is 14.3. The minimum Gasteiger partial charge on any atom is -0.456 e. The van der Waals surface area contributed by atoms with Gasteiger partial charge in [-0.1, -0.05) is 108 Å². The molecule has 6 amide bonds. The molecule has 18 nitrogen and oxygen atoms in total. The molecule has 0 saturated carbocycles. The first-order valence-electron chi connectivity index (χ1n) is 26.4. The molecule has 418 valence electrons. The molecule has 2 aromatic carbocycles. The average Bonchev–Trinajstić information content (AvgIpc) is 3.39. The van der Waals surface area contributed by atoms with E-state index in [1.54, 1.807) is 88.2 Å². The van der Waals surface area contributed by atoms with E-state index in [0.29, 0.717) is 37.2 Å². The van der Waals surface area contributed by atoms with Gasteiger partial charge in [0.15, 0.2) is 6.10 Å². The van der Waals surface area contributed by atoms with Crippen molar-refractivity contribution in [1.29, 1.82) is 0 Å². The van der Waals surface area contributed by atoms with E-state index in [4.69, 9.17) is 9.47 Å². The Morgan fingerprint density at radius 2 is 1.46 bits per heavy atom. The number of likely N-dealkylation sites (N-methyl/N-ethyl adjacent to an activating group) is 4. The van der Waals surface area contributed by atoms with Gasteiger partial charge in [0.05, 0.1) is 6.54 Å². The van der Waals surface area contributed by atoms with Crippen LogP contribution in [0.4, 0.5) is 0 Å². The Morgan fingerprint density at radius 1 is 0.829 bits per heavy atom. The predicted molar refractivity (Wildman–Crippen MR) is 291 cm³/mol. The quantitative estimate of drug-likeness (QED) is 0.118. The first kappa shape index (κ1) is 63.6. The van der Waals surface area contributed by atoms with Crippen LogP contribution < -0.4 is 16.0 Å². The molecule has 0 spiro atoms. The van der Waals surface area contributed by atoms with Gasteiger partial charge in [0.1, 0.15) is 36.6 Å². The van der Waals surface area contributed by atoms with Crippen LogP contribution in [0.25, 0.3) is 0 Å². The predicted octanol–water partition coefficient (Wildman–Crippen LogP) is 5.29. The fourth-order valence-corrected chi connectivity index (χ4v) is 8.81. The van der Waals surface area contributed by atoms with Crippen molar-refractivity contribution in [2.75, 3.05) is 47.8 Å². The van der Waals surface area contributed by atoms with E-state index in [0.717, 1.165) is 17.4 Å². The molecule has 3 rings (SSSR count). The van der Waals surface area contributed by atoms with Crippen molar-refractivity contribution in [3.8, 4) is 0 Å². The zero-order valence-corrected chi connectivity index (χ0v) is 47.3. The van der Waals surface area contributed by atoms with Crippen molar-refractivity contribution in [3.05, 3.63) is 94.6 Å². The lowest BCUT2D eigenvalue weighted by molar-refractivity contribution is -0.154. The van der Waals surface area contributed by atoms with Crippen LogP contribution in [-0.2, 0) is 60.8 Å². The van der Waals surface area contributed by atoms with Gasteiger partial charge in [-0.2, -0.15) is 0 Å². The summed E-state index contributed by atoms with van der Waals surface area (Å²) >= 11 is 0. The van der Waals surface area contributed by atoms with Crippen molar-refractivity contribution in [2.45, 2.75) is 144 Å². The number of nitrogens with one attached hydrogen (secondary N) is 3. The maximum absolute atomic E-state index is 14.3. The summed E-state index contributed by atoms with van der Waals surface area (Å²) in [6, 6.07) is 11.7. The Balaban J connectivity index is 2.08. The number of esters is 2. The molecule has 1 aliphatic heterocycles. The number of carbonyl (C=O) groups is 9. The van der Waals surface area contributed by atoms with Crippen LogP contribution in [0.2, 0.25) is 0 Å². The van der Waals surface area contributed by atoms with Gasteiger partial charge in [-0.15, -0.1) is 0 Å². The standard InChI is InChI=1S/C58H85N7O11/c1-15-37(5)51-54(70)60-42(10)58(74)76-52(38(6)16-2)40(8)46(32-50(68)63(12)29-28-62(11)33-44-23-25-45(35-66)26-24-44)27-22-39(7)57(73)75-48(30-36(3)4)53(69)59-41(9)55(71)65(14)47(31-43-20-18-17-19-21-43)56(72)64(13)34-49(67)61-51/h16-26,35-37,40-42,46-48,51-52H,15,27-34H2,1-14H3,(H,59,69)(H,60,70)(H,61,67)/b38-16+,39-22+/t37-,40+,41+,42-,46-,47-,48-,51+,52-/m1/s1. The topological polar surface area (TPSA) is 221 Å². The fourth-order valence-electron chi connectivity index (χ4n) is 8.81. The second-order valence-corrected chi connectivity index (χ2v) is 21.0. The normalized spacial score (nSPS) is 24.9. The van der Waals surface area contributed by atoms with Crippen LogP contribution in [0, 0.1) is 23.7 Å².